The predicted molar refractivity (Wildman–Crippen MR) is 74.8 cm³/mol. The van der Waals surface area contributed by atoms with Crippen LogP contribution in [0.4, 0.5) is 22.7 Å². The van der Waals surface area contributed by atoms with E-state index < -0.39 is 9.85 Å². The molecule has 0 saturated carbocycles. The van der Waals surface area contributed by atoms with Crippen molar-refractivity contribution in [2.45, 2.75) is 0 Å². The van der Waals surface area contributed by atoms with Crippen LogP contribution >= 0.6 is 0 Å². The molecule has 0 saturated heterocycles. The maximum absolute atomic E-state index is 11.1. The van der Waals surface area contributed by atoms with Crippen LogP contribution in [0.2, 0.25) is 0 Å². The van der Waals surface area contributed by atoms with Crippen LogP contribution in [-0.2, 0) is 0 Å². The van der Waals surface area contributed by atoms with E-state index in [2.05, 4.69) is 20.3 Å². The Morgan fingerprint density at radius 2 is 1.68 bits per heavy atom. The van der Waals surface area contributed by atoms with Gasteiger partial charge in [-0.25, -0.2) is 4.63 Å². The third kappa shape index (κ3) is 2.28. The molecule has 0 aliphatic carbocycles. The van der Waals surface area contributed by atoms with Crippen molar-refractivity contribution in [1.29, 1.82) is 0 Å². The van der Waals surface area contributed by atoms with Crippen LogP contribution in [0.5, 0.6) is 0 Å². The first kappa shape index (κ1) is 13.4. The van der Waals surface area contributed by atoms with Crippen molar-refractivity contribution >= 4 is 33.8 Å². The van der Waals surface area contributed by atoms with Crippen molar-refractivity contribution in [3.8, 4) is 0 Å². The van der Waals surface area contributed by atoms with Gasteiger partial charge in [0.25, 0.3) is 11.4 Å². The van der Waals surface area contributed by atoms with Crippen LogP contribution in [0, 0.1) is 20.2 Å². The van der Waals surface area contributed by atoms with Crippen LogP contribution in [-0.4, -0.2) is 20.2 Å². The van der Waals surface area contributed by atoms with E-state index >= 15 is 0 Å². The summed E-state index contributed by atoms with van der Waals surface area (Å²) in [6.07, 6.45) is 0. The van der Waals surface area contributed by atoms with Gasteiger partial charge in [-0.15, -0.1) is 0 Å². The van der Waals surface area contributed by atoms with Gasteiger partial charge in [0.15, 0.2) is 5.52 Å². The lowest BCUT2D eigenvalue weighted by Gasteiger charge is -2.06. The maximum Gasteiger partial charge on any atom is 0.295 e. The Morgan fingerprint density at radius 3 is 2.32 bits per heavy atom. The number of nitro groups is 2. The Labute approximate surface area is 121 Å². The van der Waals surface area contributed by atoms with E-state index in [0.717, 1.165) is 0 Å². The zero-order valence-corrected chi connectivity index (χ0v) is 10.8. The minimum atomic E-state index is -0.568. The van der Waals surface area contributed by atoms with Gasteiger partial charge < -0.3 is 5.32 Å². The van der Waals surface area contributed by atoms with E-state index in [1.54, 1.807) is 0 Å². The lowest BCUT2D eigenvalue weighted by atomic mass is 10.2. The molecule has 0 radical (unpaired) electrons. The topological polar surface area (TPSA) is 137 Å². The molecule has 0 fully saturated rings. The van der Waals surface area contributed by atoms with Crippen LogP contribution in [0.25, 0.3) is 11.0 Å². The summed E-state index contributed by atoms with van der Waals surface area (Å²) < 4.78 is 4.58. The number of nitrogens with one attached hydrogen (secondary N) is 1. The minimum Gasteiger partial charge on any atom is -0.348 e. The smallest absolute Gasteiger partial charge is 0.295 e. The molecule has 1 heterocycles. The van der Waals surface area contributed by atoms with Gasteiger partial charge in [-0.3, -0.25) is 20.2 Å². The zero-order valence-electron chi connectivity index (χ0n) is 10.8. The number of benzene rings is 2. The number of anilines is 2. The number of aromatic nitrogens is 2. The fraction of sp³-hybridized carbons (Fsp3) is 0. The normalized spacial score (nSPS) is 10.5. The first-order valence-electron chi connectivity index (χ1n) is 5.97. The highest BCUT2D eigenvalue weighted by molar-refractivity contribution is 5.94. The van der Waals surface area contributed by atoms with Gasteiger partial charge in [0.1, 0.15) is 11.2 Å². The second kappa shape index (κ2) is 5.09. The molecule has 0 spiro atoms. The standard InChI is InChI=1S/C12H7N5O5/c18-16(19)8-3-1-7(2-4-8)13-12-10(17(20)21)6-5-9-11(12)15-22-14-9/h1-6,13H. The molecule has 10 nitrogen and oxygen atoms in total. The van der Waals surface area contributed by atoms with Gasteiger partial charge in [-0.2, -0.15) is 0 Å². The van der Waals surface area contributed by atoms with Crippen LogP contribution in [0.1, 0.15) is 0 Å². The molecule has 110 valence electrons. The number of rotatable bonds is 4. The molecule has 1 N–H and O–H groups in total. The number of hydrogen-bond donors (Lipinski definition) is 1. The Balaban J connectivity index is 2.05. The molecule has 10 heteroatoms. The Bertz CT molecular complexity index is 873. The largest absolute Gasteiger partial charge is 0.348 e. The monoisotopic (exact) mass is 301 g/mol. The molecule has 0 aliphatic rings. The number of non-ortho nitro benzene ring substituents is 1. The SMILES string of the molecule is O=[N+]([O-])c1ccc(Nc2c([N+](=O)[O-])ccc3nonc23)cc1. The highest BCUT2D eigenvalue weighted by atomic mass is 16.6. The average Bonchev–Trinajstić information content (AvgIpc) is 2.96. The third-order valence-corrected chi connectivity index (χ3v) is 2.95. The second-order valence-electron chi connectivity index (χ2n) is 4.28. The number of nitrogens with zero attached hydrogens (tertiary/aromatic N) is 4. The van der Waals surface area contributed by atoms with Crippen molar-refractivity contribution in [3.63, 3.8) is 0 Å². The second-order valence-corrected chi connectivity index (χ2v) is 4.28. The summed E-state index contributed by atoms with van der Waals surface area (Å²) >= 11 is 0. The highest BCUT2D eigenvalue weighted by Gasteiger charge is 2.20. The predicted octanol–water partition coefficient (Wildman–Crippen LogP) is 2.78. The molecule has 3 rings (SSSR count). The van der Waals surface area contributed by atoms with Gasteiger partial charge >= 0.3 is 0 Å². The molecule has 0 aliphatic heterocycles. The number of nitro benzene ring substituents is 2. The highest BCUT2D eigenvalue weighted by Crippen LogP contribution is 2.33. The van der Waals surface area contributed by atoms with Crippen LogP contribution in [0.3, 0.4) is 0 Å². The molecular weight excluding hydrogens is 294 g/mol. The summed E-state index contributed by atoms with van der Waals surface area (Å²) in [5, 5.41) is 31.8. The summed E-state index contributed by atoms with van der Waals surface area (Å²) in [4.78, 5) is 20.6. The van der Waals surface area contributed by atoms with E-state index in [9.17, 15) is 20.2 Å². The van der Waals surface area contributed by atoms with Gasteiger partial charge in [0, 0.05) is 23.9 Å². The lowest BCUT2D eigenvalue weighted by Crippen LogP contribution is -1.98. The third-order valence-electron chi connectivity index (χ3n) is 2.95. The van der Waals surface area contributed by atoms with Crippen molar-refractivity contribution in [2.75, 3.05) is 5.32 Å². The van der Waals surface area contributed by atoms with Gasteiger partial charge in [0.2, 0.25) is 0 Å². The van der Waals surface area contributed by atoms with Crippen molar-refractivity contribution in [2.24, 2.45) is 0 Å². The Morgan fingerprint density at radius 1 is 0.955 bits per heavy atom. The van der Waals surface area contributed by atoms with Crippen LogP contribution < -0.4 is 5.32 Å². The van der Waals surface area contributed by atoms with Crippen molar-refractivity contribution in [3.05, 3.63) is 56.6 Å². The molecular formula is C12H7N5O5. The van der Waals surface area contributed by atoms with Gasteiger partial charge in [-0.05, 0) is 28.5 Å². The molecule has 2 aromatic carbocycles. The number of hydrogen-bond acceptors (Lipinski definition) is 8. The van der Waals surface area contributed by atoms with E-state index in [1.165, 1.54) is 36.4 Å². The van der Waals surface area contributed by atoms with Crippen LogP contribution in [0.15, 0.2) is 41.0 Å². The molecule has 0 amide bonds. The summed E-state index contributed by atoms with van der Waals surface area (Å²) in [7, 11) is 0. The first-order chi connectivity index (χ1) is 10.6. The van der Waals surface area contributed by atoms with Gasteiger partial charge in [0.05, 0.1) is 9.85 Å². The van der Waals surface area contributed by atoms with E-state index in [4.69, 9.17) is 0 Å². The molecule has 0 unspecified atom stereocenters. The van der Waals surface area contributed by atoms with E-state index in [1.807, 2.05) is 0 Å². The average molecular weight is 301 g/mol. The Kier molecular flexibility index (Phi) is 3.10. The molecule has 22 heavy (non-hydrogen) atoms. The van der Waals surface area contributed by atoms with E-state index in [-0.39, 0.29) is 22.6 Å². The lowest BCUT2D eigenvalue weighted by molar-refractivity contribution is -0.384. The summed E-state index contributed by atoms with van der Waals surface area (Å²) in [6.45, 7) is 0. The van der Waals surface area contributed by atoms with Crippen molar-refractivity contribution < 1.29 is 14.5 Å². The Hall–Kier alpha value is -3.56. The number of fused-ring (bicyclic) bond motifs is 1. The minimum absolute atomic E-state index is 0.0821. The summed E-state index contributed by atoms with van der Waals surface area (Å²) in [6, 6.07) is 8.15. The van der Waals surface area contributed by atoms with Gasteiger partial charge in [-0.1, -0.05) is 0 Å². The molecule has 1 aromatic heterocycles. The van der Waals surface area contributed by atoms with Crippen molar-refractivity contribution in [1.82, 2.24) is 10.3 Å². The fourth-order valence-electron chi connectivity index (χ4n) is 1.93. The summed E-state index contributed by atoms with van der Waals surface area (Å²) in [5.41, 5.74) is 0.812. The quantitative estimate of drug-likeness (QED) is 0.573. The molecule has 3 aromatic rings. The molecule has 0 atom stereocenters. The molecule has 0 bridgehead atoms. The fourth-order valence-corrected chi connectivity index (χ4v) is 1.93. The zero-order chi connectivity index (χ0) is 15.7. The maximum atomic E-state index is 11.1. The summed E-state index contributed by atoms with van der Waals surface area (Å²) in [5.74, 6) is 0. The van der Waals surface area contributed by atoms with E-state index in [0.29, 0.717) is 11.2 Å². The first-order valence-corrected chi connectivity index (χ1v) is 5.97.